The fourth-order valence-electron chi connectivity index (χ4n) is 2.17. The molecule has 0 radical (unpaired) electrons. The molecule has 3 N–H and O–H groups in total. The number of nitrogen functional groups attached to an aromatic ring is 1. The zero-order chi connectivity index (χ0) is 13.9. The van der Waals surface area contributed by atoms with Crippen LogP contribution in [0.25, 0.3) is 0 Å². The Morgan fingerprint density at radius 2 is 1.95 bits per heavy atom. The molecule has 1 aromatic carbocycles. The highest BCUT2D eigenvalue weighted by Gasteiger charge is 2.16. The van der Waals surface area contributed by atoms with Gasteiger partial charge in [0.05, 0.1) is 23.1 Å². The van der Waals surface area contributed by atoms with Gasteiger partial charge in [0.15, 0.2) is 11.5 Å². The summed E-state index contributed by atoms with van der Waals surface area (Å²) in [5.41, 5.74) is 8.47. The molecule has 1 unspecified atom stereocenters. The second-order valence-corrected chi connectivity index (χ2v) is 4.70. The predicted molar refractivity (Wildman–Crippen MR) is 78.1 cm³/mol. The molecule has 1 aliphatic rings. The van der Waals surface area contributed by atoms with Gasteiger partial charge in [-0.25, -0.2) is 0 Å². The van der Waals surface area contributed by atoms with Crippen molar-refractivity contribution in [2.75, 3.05) is 24.3 Å². The van der Waals surface area contributed by atoms with Gasteiger partial charge < -0.3 is 20.5 Å². The topological polar surface area (TPSA) is 69.4 Å². The van der Waals surface area contributed by atoms with Crippen molar-refractivity contribution in [2.24, 2.45) is 0 Å². The molecule has 2 heterocycles. The number of ether oxygens (including phenoxy) is 2. The van der Waals surface area contributed by atoms with Gasteiger partial charge in [-0.2, -0.15) is 0 Å². The molecule has 3 rings (SSSR count). The van der Waals surface area contributed by atoms with Crippen LogP contribution >= 0.6 is 0 Å². The van der Waals surface area contributed by atoms with Crippen LogP contribution in [0.3, 0.4) is 0 Å². The number of anilines is 2. The third-order valence-corrected chi connectivity index (χ3v) is 3.22. The Hall–Kier alpha value is -2.43. The Balaban J connectivity index is 1.84. The molecule has 0 amide bonds. The highest BCUT2D eigenvalue weighted by molar-refractivity contribution is 5.72. The third kappa shape index (κ3) is 2.47. The van der Waals surface area contributed by atoms with Gasteiger partial charge in [-0.05, 0) is 19.1 Å². The standard InChI is InChI=1S/C15H17N3O2/c1-10(12-4-2-3-5-17-12)18-13-9-15-14(8-11(13)16)19-6-7-20-15/h2-5,8-10,18H,6-7,16H2,1H3. The van der Waals surface area contributed by atoms with E-state index in [9.17, 15) is 0 Å². The number of fused-ring (bicyclic) bond motifs is 1. The van der Waals surface area contributed by atoms with Crippen molar-refractivity contribution in [1.29, 1.82) is 0 Å². The Morgan fingerprint density at radius 3 is 2.65 bits per heavy atom. The average Bonchev–Trinajstić information content (AvgIpc) is 2.49. The van der Waals surface area contributed by atoms with Crippen LogP contribution in [0.5, 0.6) is 11.5 Å². The van der Waals surface area contributed by atoms with Crippen molar-refractivity contribution >= 4 is 11.4 Å². The molecule has 5 heteroatoms. The SMILES string of the molecule is CC(Nc1cc2c(cc1N)OCCO2)c1ccccn1. The summed E-state index contributed by atoms with van der Waals surface area (Å²) in [6, 6.07) is 9.57. The van der Waals surface area contributed by atoms with Gasteiger partial charge >= 0.3 is 0 Å². The number of aromatic nitrogens is 1. The number of hydrogen-bond acceptors (Lipinski definition) is 5. The van der Waals surface area contributed by atoms with Crippen molar-refractivity contribution in [3.8, 4) is 11.5 Å². The molecule has 0 saturated heterocycles. The Morgan fingerprint density at radius 1 is 1.20 bits per heavy atom. The van der Waals surface area contributed by atoms with Crippen LogP contribution in [0, 0.1) is 0 Å². The quantitative estimate of drug-likeness (QED) is 0.840. The van der Waals surface area contributed by atoms with E-state index in [4.69, 9.17) is 15.2 Å². The number of nitrogens with one attached hydrogen (secondary N) is 1. The summed E-state index contributed by atoms with van der Waals surface area (Å²) < 4.78 is 11.1. The van der Waals surface area contributed by atoms with Gasteiger partial charge in [-0.3, -0.25) is 4.98 Å². The van der Waals surface area contributed by atoms with Gasteiger partial charge in [-0.1, -0.05) is 6.07 Å². The molecule has 0 saturated carbocycles. The summed E-state index contributed by atoms with van der Waals surface area (Å²) in [7, 11) is 0. The van der Waals surface area contributed by atoms with Crippen LogP contribution in [0.4, 0.5) is 11.4 Å². The number of nitrogens with zero attached hydrogens (tertiary/aromatic N) is 1. The zero-order valence-electron chi connectivity index (χ0n) is 11.3. The first-order valence-electron chi connectivity index (χ1n) is 6.60. The minimum absolute atomic E-state index is 0.0565. The van der Waals surface area contributed by atoms with Gasteiger partial charge in [0.1, 0.15) is 13.2 Å². The number of benzene rings is 1. The first-order valence-corrected chi connectivity index (χ1v) is 6.60. The molecule has 0 spiro atoms. The Kier molecular flexibility index (Phi) is 3.33. The average molecular weight is 271 g/mol. The number of hydrogen-bond donors (Lipinski definition) is 2. The predicted octanol–water partition coefficient (Wildman–Crippen LogP) is 2.61. The lowest BCUT2D eigenvalue weighted by molar-refractivity contribution is 0.172. The lowest BCUT2D eigenvalue weighted by atomic mass is 10.1. The summed E-state index contributed by atoms with van der Waals surface area (Å²) >= 11 is 0. The Bertz CT molecular complexity index is 602. The molecule has 5 nitrogen and oxygen atoms in total. The second kappa shape index (κ2) is 5.28. The summed E-state index contributed by atoms with van der Waals surface area (Å²) in [6.07, 6.45) is 1.78. The van der Waals surface area contributed by atoms with E-state index in [1.807, 2.05) is 31.2 Å². The van der Waals surface area contributed by atoms with E-state index in [2.05, 4.69) is 10.3 Å². The van der Waals surface area contributed by atoms with Crippen LogP contribution in [-0.2, 0) is 0 Å². The molecule has 2 aromatic rings. The minimum Gasteiger partial charge on any atom is -0.486 e. The maximum atomic E-state index is 6.05. The van der Waals surface area contributed by atoms with Crippen molar-refractivity contribution in [3.63, 3.8) is 0 Å². The number of pyridine rings is 1. The smallest absolute Gasteiger partial charge is 0.163 e. The number of rotatable bonds is 3. The van der Waals surface area contributed by atoms with E-state index in [1.165, 1.54) is 0 Å². The molecule has 104 valence electrons. The minimum atomic E-state index is 0.0565. The van der Waals surface area contributed by atoms with Crippen LogP contribution < -0.4 is 20.5 Å². The molecular formula is C15H17N3O2. The molecule has 1 atom stereocenters. The van der Waals surface area contributed by atoms with Crippen LogP contribution in [0.2, 0.25) is 0 Å². The molecule has 1 aliphatic heterocycles. The first-order chi connectivity index (χ1) is 9.74. The van der Waals surface area contributed by atoms with E-state index in [0.29, 0.717) is 24.7 Å². The van der Waals surface area contributed by atoms with E-state index in [0.717, 1.165) is 17.1 Å². The van der Waals surface area contributed by atoms with Crippen molar-refractivity contribution in [3.05, 3.63) is 42.2 Å². The highest BCUT2D eigenvalue weighted by Crippen LogP contribution is 2.37. The van der Waals surface area contributed by atoms with Gasteiger partial charge in [0, 0.05) is 18.3 Å². The summed E-state index contributed by atoms with van der Waals surface area (Å²) in [5, 5.41) is 3.35. The molecule has 0 fully saturated rings. The monoisotopic (exact) mass is 271 g/mol. The van der Waals surface area contributed by atoms with Crippen molar-refractivity contribution in [2.45, 2.75) is 13.0 Å². The lowest BCUT2D eigenvalue weighted by Crippen LogP contribution is -2.16. The van der Waals surface area contributed by atoms with Crippen LogP contribution in [0.1, 0.15) is 18.7 Å². The molecule has 0 bridgehead atoms. The summed E-state index contributed by atoms with van der Waals surface area (Å²) in [4.78, 5) is 4.33. The van der Waals surface area contributed by atoms with Crippen molar-refractivity contribution in [1.82, 2.24) is 4.98 Å². The molecule has 0 aliphatic carbocycles. The zero-order valence-corrected chi connectivity index (χ0v) is 11.3. The van der Waals surface area contributed by atoms with E-state index in [-0.39, 0.29) is 6.04 Å². The summed E-state index contributed by atoms with van der Waals surface area (Å²) in [5.74, 6) is 1.42. The summed E-state index contributed by atoms with van der Waals surface area (Å²) in [6.45, 7) is 3.16. The van der Waals surface area contributed by atoms with Crippen LogP contribution in [0.15, 0.2) is 36.5 Å². The molecular weight excluding hydrogens is 254 g/mol. The lowest BCUT2D eigenvalue weighted by Gasteiger charge is -2.22. The maximum Gasteiger partial charge on any atom is 0.163 e. The van der Waals surface area contributed by atoms with E-state index in [1.54, 1.807) is 12.3 Å². The van der Waals surface area contributed by atoms with Gasteiger partial charge in [-0.15, -0.1) is 0 Å². The second-order valence-electron chi connectivity index (χ2n) is 4.70. The molecule has 1 aromatic heterocycles. The maximum absolute atomic E-state index is 6.05. The van der Waals surface area contributed by atoms with Crippen LogP contribution in [-0.4, -0.2) is 18.2 Å². The largest absolute Gasteiger partial charge is 0.486 e. The van der Waals surface area contributed by atoms with E-state index < -0.39 is 0 Å². The van der Waals surface area contributed by atoms with E-state index >= 15 is 0 Å². The number of nitrogens with two attached hydrogens (primary N) is 1. The van der Waals surface area contributed by atoms with Gasteiger partial charge in [0.2, 0.25) is 0 Å². The fraction of sp³-hybridized carbons (Fsp3) is 0.267. The fourth-order valence-corrected chi connectivity index (χ4v) is 2.17. The third-order valence-electron chi connectivity index (χ3n) is 3.22. The normalized spacial score (nSPS) is 14.7. The Labute approximate surface area is 117 Å². The van der Waals surface area contributed by atoms with Crippen molar-refractivity contribution < 1.29 is 9.47 Å². The van der Waals surface area contributed by atoms with Gasteiger partial charge in [0.25, 0.3) is 0 Å². The highest BCUT2D eigenvalue weighted by atomic mass is 16.6. The molecule has 20 heavy (non-hydrogen) atoms. The first kappa shape index (κ1) is 12.6.